The third kappa shape index (κ3) is 6.25. The number of hydrogen-bond acceptors (Lipinski definition) is 5. The van der Waals surface area contributed by atoms with E-state index < -0.39 is 10.0 Å². The third-order valence-corrected chi connectivity index (χ3v) is 4.68. The molecule has 0 saturated carbocycles. The summed E-state index contributed by atoms with van der Waals surface area (Å²) in [5.74, 6) is 1.13. The first kappa shape index (κ1) is 20.1. The van der Waals surface area contributed by atoms with Crippen LogP contribution in [0.1, 0.15) is 31.9 Å². The minimum Gasteiger partial charge on any atom is -0.455 e. The van der Waals surface area contributed by atoms with E-state index in [1.54, 1.807) is 24.3 Å². The van der Waals surface area contributed by atoms with Crippen LogP contribution >= 0.6 is 12.2 Å². The van der Waals surface area contributed by atoms with Gasteiger partial charge in [-0.3, -0.25) is 5.43 Å². The average molecular weight is 395 g/mol. The quantitative estimate of drug-likeness (QED) is 0.275. The van der Waals surface area contributed by atoms with Crippen LogP contribution in [0, 0.1) is 0 Å². The van der Waals surface area contributed by atoms with Crippen molar-refractivity contribution < 1.29 is 12.8 Å². The summed E-state index contributed by atoms with van der Waals surface area (Å²) in [5.41, 5.74) is 3.46. The summed E-state index contributed by atoms with van der Waals surface area (Å²) < 4.78 is 28.2. The summed E-state index contributed by atoms with van der Waals surface area (Å²) in [6.45, 7) is 2.96. The van der Waals surface area contributed by atoms with Crippen molar-refractivity contribution in [2.75, 3.05) is 6.54 Å². The Kier molecular flexibility index (Phi) is 7.31. The Labute approximate surface area is 158 Å². The maximum Gasteiger partial charge on any atom is 0.238 e. The SMILES string of the molecule is CCCCCNC(=S)N/N=C\c1ccc(-c2ccc(S(N)(=O)=O)cc2)o1. The normalized spacial score (nSPS) is 11.6. The molecule has 0 aliphatic rings. The summed E-state index contributed by atoms with van der Waals surface area (Å²) in [6.07, 6.45) is 4.90. The molecule has 0 aliphatic heterocycles. The Morgan fingerprint density at radius 1 is 1.23 bits per heavy atom. The van der Waals surface area contributed by atoms with E-state index in [2.05, 4.69) is 22.8 Å². The van der Waals surface area contributed by atoms with Crippen molar-refractivity contribution in [2.24, 2.45) is 10.2 Å². The van der Waals surface area contributed by atoms with Crippen LogP contribution < -0.4 is 15.9 Å². The van der Waals surface area contributed by atoms with Crippen molar-refractivity contribution in [3.63, 3.8) is 0 Å². The topological polar surface area (TPSA) is 110 Å². The zero-order valence-corrected chi connectivity index (χ0v) is 16.1. The number of benzene rings is 1. The van der Waals surface area contributed by atoms with E-state index in [9.17, 15) is 8.42 Å². The van der Waals surface area contributed by atoms with E-state index in [1.165, 1.54) is 18.3 Å². The summed E-state index contributed by atoms with van der Waals surface area (Å²) in [6, 6.07) is 9.66. The van der Waals surface area contributed by atoms with E-state index in [-0.39, 0.29) is 4.90 Å². The number of hydrogen-bond donors (Lipinski definition) is 3. The molecule has 7 nitrogen and oxygen atoms in total. The zero-order chi connectivity index (χ0) is 19.0. The molecule has 0 spiro atoms. The van der Waals surface area contributed by atoms with E-state index in [0.717, 1.165) is 31.4 Å². The van der Waals surface area contributed by atoms with Crippen molar-refractivity contribution in [1.82, 2.24) is 10.7 Å². The highest BCUT2D eigenvalue weighted by atomic mass is 32.2. The standard InChI is InChI=1S/C17H22N4O3S2/c1-2-3-4-11-19-17(25)21-20-12-14-7-10-16(24-14)13-5-8-15(9-6-13)26(18,22)23/h5-10,12H,2-4,11H2,1H3,(H2,18,22,23)(H2,19,21,25)/b20-12-. The molecule has 4 N–H and O–H groups in total. The first-order chi connectivity index (χ1) is 12.4. The molecule has 1 heterocycles. The number of unbranched alkanes of at least 4 members (excludes halogenated alkanes) is 2. The molecule has 0 amide bonds. The maximum absolute atomic E-state index is 11.3. The average Bonchev–Trinajstić information content (AvgIpc) is 3.07. The number of hydrazone groups is 1. The highest BCUT2D eigenvalue weighted by Gasteiger charge is 2.09. The maximum atomic E-state index is 11.3. The lowest BCUT2D eigenvalue weighted by atomic mass is 10.2. The number of nitrogens with one attached hydrogen (secondary N) is 2. The van der Waals surface area contributed by atoms with Gasteiger partial charge in [-0.05, 0) is 55.0 Å². The fourth-order valence-electron chi connectivity index (χ4n) is 2.16. The fourth-order valence-corrected chi connectivity index (χ4v) is 2.83. The van der Waals surface area contributed by atoms with Crippen molar-refractivity contribution in [3.8, 4) is 11.3 Å². The molecular weight excluding hydrogens is 372 g/mol. The largest absolute Gasteiger partial charge is 0.455 e. The molecule has 0 radical (unpaired) electrons. The molecule has 26 heavy (non-hydrogen) atoms. The smallest absolute Gasteiger partial charge is 0.238 e. The van der Waals surface area contributed by atoms with E-state index in [1.807, 2.05) is 0 Å². The first-order valence-corrected chi connectivity index (χ1v) is 10.2. The number of furan rings is 1. The lowest BCUT2D eigenvalue weighted by Gasteiger charge is -2.05. The lowest BCUT2D eigenvalue weighted by molar-refractivity contribution is 0.574. The Morgan fingerprint density at radius 3 is 2.62 bits per heavy atom. The number of nitrogens with zero attached hydrogens (tertiary/aromatic N) is 1. The number of primary sulfonamides is 1. The van der Waals surface area contributed by atoms with Gasteiger partial charge in [0.25, 0.3) is 0 Å². The van der Waals surface area contributed by atoms with Gasteiger partial charge in [0, 0.05) is 12.1 Å². The molecule has 0 unspecified atom stereocenters. The van der Waals surface area contributed by atoms with Crippen LogP contribution in [0.15, 0.2) is 50.8 Å². The molecule has 0 saturated heterocycles. The van der Waals surface area contributed by atoms with E-state index in [4.69, 9.17) is 21.8 Å². The summed E-state index contributed by atoms with van der Waals surface area (Å²) >= 11 is 5.12. The fraction of sp³-hybridized carbons (Fsp3) is 0.294. The summed E-state index contributed by atoms with van der Waals surface area (Å²) in [5, 5.41) is 12.6. The Balaban J connectivity index is 1.90. The van der Waals surface area contributed by atoms with Crippen molar-refractivity contribution in [1.29, 1.82) is 0 Å². The van der Waals surface area contributed by atoms with E-state index in [0.29, 0.717) is 16.6 Å². The second-order valence-corrected chi connectivity index (χ2v) is 7.57. The minimum absolute atomic E-state index is 0.0544. The third-order valence-electron chi connectivity index (χ3n) is 3.52. The first-order valence-electron chi connectivity index (χ1n) is 8.20. The van der Waals surface area contributed by atoms with Gasteiger partial charge in [0.1, 0.15) is 11.5 Å². The van der Waals surface area contributed by atoms with Crippen molar-refractivity contribution >= 4 is 33.6 Å². The molecule has 0 atom stereocenters. The van der Waals surface area contributed by atoms with Gasteiger partial charge in [-0.1, -0.05) is 19.8 Å². The van der Waals surface area contributed by atoms with Gasteiger partial charge in [-0.2, -0.15) is 5.10 Å². The zero-order valence-electron chi connectivity index (χ0n) is 14.4. The van der Waals surface area contributed by atoms with Gasteiger partial charge < -0.3 is 9.73 Å². The van der Waals surface area contributed by atoms with Crippen LogP contribution in [-0.2, 0) is 10.0 Å². The van der Waals surface area contributed by atoms with Gasteiger partial charge >= 0.3 is 0 Å². The number of nitrogens with two attached hydrogens (primary N) is 1. The molecule has 2 aromatic rings. The predicted molar refractivity (Wildman–Crippen MR) is 106 cm³/mol. The van der Waals surface area contributed by atoms with Gasteiger partial charge in [-0.25, -0.2) is 13.6 Å². The summed E-state index contributed by atoms with van der Waals surface area (Å²) in [7, 11) is -3.71. The Hall–Kier alpha value is -2.23. The second-order valence-electron chi connectivity index (χ2n) is 5.60. The Bertz CT molecular complexity index is 858. The van der Waals surface area contributed by atoms with Crippen LogP contribution in [0.5, 0.6) is 0 Å². The summed E-state index contributed by atoms with van der Waals surface area (Å²) in [4.78, 5) is 0.0544. The minimum atomic E-state index is -3.71. The van der Waals surface area contributed by atoms with Crippen LogP contribution in [0.2, 0.25) is 0 Å². The van der Waals surface area contributed by atoms with Gasteiger partial charge in [0.2, 0.25) is 10.0 Å². The molecular formula is C17H22N4O3S2. The molecule has 1 aromatic carbocycles. The molecule has 2 rings (SSSR count). The van der Waals surface area contributed by atoms with Crippen LogP contribution in [0.25, 0.3) is 11.3 Å². The molecule has 9 heteroatoms. The number of thiocarbonyl (C=S) groups is 1. The molecule has 140 valence electrons. The van der Waals surface area contributed by atoms with E-state index >= 15 is 0 Å². The highest BCUT2D eigenvalue weighted by Crippen LogP contribution is 2.22. The van der Waals surface area contributed by atoms with Crippen LogP contribution in [0.4, 0.5) is 0 Å². The van der Waals surface area contributed by atoms with Gasteiger partial charge in [0.15, 0.2) is 5.11 Å². The van der Waals surface area contributed by atoms with Crippen LogP contribution in [-0.4, -0.2) is 26.3 Å². The molecule has 0 aliphatic carbocycles. The lowest BCUT2D eigenvalue weighted by Crippen LogP contribution is -2.32. The van der Waals surface area contributed by atoms with Gasteiger partial charge in [-0.15, -0.1) is 0 Å². The second kappa shape index (κ2) is 9.46. The molecule has 1 aromatic heterocycles. The number of rotatable bonds is 8. The molecule has 0 fully saturated rings. The van der Waals surface area contributed by atoms with Crippen LogP contribution in [0.3, 0.4) is 0 Å². The van der Waals surface area contributed by atoms with Crippen molar-refractivity contribution in [3.05, 3.63) is 42.2 Å². The Morgan fingerprint density at radius 2 is 1.96 bits per heavy atom. The highest BCUT2D eigenvalue weighted by molar-refractivity contribution is 7.89. The van der Waals surface area contributed by atoms with Crippen molar-refractivity contribution in [2.45, 2.75) is 31.1 Å². The monoisotopic (exact) mass is 394 g/mol. The van der Waals surface area contributed by atoms with Gasteiger partial charge in [0.05, 0.1) is 11.1 Å². The number of sulfonamides is 1. The predicted octanol–water partition coefficient (Wildman–Crippen LogP) is 2.58. The molecule has 0 bridgehead atoms.